The van der Waals surface area contributed by atoms with Crippen LogP contribution in [0.4, 0.5) is 5.69 Å². The summed E-state index contributed by atoms with van der Waals surface area (Å²) in [6.07, 6.45) is 3.31. The molecule has 9 heteroatoms. The molecule has 8 nitrogen and oxygen atoms in total. The first-order valence-corrected chi connectivity index (χ1v) is 8.96. The van der Waals surface area contributed by atoms with Crippen molar-refractivity contribution >= 4 is 29.1 Å². The van der Waals surface area contributed by atoms with Crippen LogP contribution in [0, 0.1) is 0 Å². The van der Waals surface area contributed by atoms with Crippen LogP contribution in [0.3, 0.4) is 0 Å². The van der Waals surface area contributed by atoms with Gasteiger partial charge in [0, 0.05) is 25.0 Å². The van der Waals surface area contributed by atoms with Gasteiger partial charge in [-0.1, -0.05) is 28.9 Å². The molecule has 0 spiro atoms. The van der Waals surface area contributed by atoms with Crippen molar-refractivity contribution in [3.05, 3.63) is 65.9 Å². The first-order valence-electron chi connectivity index (χ1n) is 8.58. The van der Waals surface area contributed by atoms with E-state index in [4.69, 9.17) is 16.3 Å². The lowest BCUT2D eigenvalue weighted by molar-refractivity contribution is -0.147. The number of para-hydroxylation sites is 1. The predicted molar refractivity (Wildman–Crippen MR) is 102 cm³/mol. The first kappa shape index (κ1) is 18.0. The lowest BCUT2D eigenvalue weighted by Crippen LogP contribution is -2.54. The molecule has 0 unspecified atom stereocenters. The summed E-state index contributed by atoms with van der Waals surface area (Å²) >= 11 is 6.07. The summed E-state index contributed by atoms with van der Waals surface area (Å²) in [6, 6.07) is 13.9. The van der Waals surface area contributed by atoms with Crippen molar-refractivity contribution < 1.29 is 14.3 Å². The van der Waals surface area contributed by atoms with Gasteiger partial charge in [0.05, 0.1) is 17.3 Å². The number of likely N-dealkylation sites (tertiary alicyclic amines) is 1. The van der Waals surface area contributed by atoms with E-state index < -0.39 is 11.8 Å². The maximum atomic E-state index is 12.2. The minimum Gasteiger partial charge on any atom is -0.456 e. The molecule has 0 aliphatic carbocycles. The van der Waals surface area contributed by atoms with Gasteiger partial charge in [-0.2, -0.15) is 0 Å². The smallest absolute Gasteiger partial charge is 0.313 e. The highest BCUT2D eigenvalue weighted by Crippen LogP contribution is 2.29. The van der Waals surface area contributed by atoms with Crippen molar-refractivity contribution in [3.63, 3.8) is 0 Å². The highest BCUT2D eigenvalue weighted by molar-refractivity contribution is 6.39. The minimum atomic E-state index is -0.684. The molecule has 2 amide bonds. The Bertz CT molecular complexity index is 985. The van der Waals surface area contributed by atoms with Crippen LogP contribution >= 0.6 is 11.6 Å². The van der Waals surface area contributed by atoms with Crippen LogP contribution in [0.25, 0.3) is 0 Å². The monoisotopic (exact) mass is 397 g/mol. The molecule has 1 aliphatic heterocycles. The highest BCUT2D eigenvalue weighted by atomic mass is 35.5. The zero-order valence-electron chi connectivity index (χ0n) is 14.7. The van der Waals surface area contributed by atoms with Gasteiger partial charge in [0.15, 0.2) is 0 Å². The summed E-state index contributed by atoms with van der Waals surface area (Å²) in [6.45, 7) is 0.862. The predicted octanol–water partition coefficient (Wildman–Crippen LogP) is 2.75. The fraction of sp³-hybridized carbons (Fsp3) is 0.158. The van der Waals surface area contributed by atoms with E-state index in [0.29, 0.717) is 35.3 Å². The number of benzene rings is 2. The standard InChI is InChI=1S/C19H16ClN5O3/c20-16-3-1-2-4-17(16)28-15-7-5-13(6-8-15)22-18(26)19(27)24-11-14(12-24)25-10-9-21-23-25/h1-10,14H,11-12H2,(H,22,26). The number of anilines is 1. The second kappa shape index (κ2) is 7.69. The van der Waals surface area contributed by atoms with Crippen LogP contribution in [-0.4, -0.2) is 44.8 Å². The van der Waals surface area contributed by atoms with Gasteiger partial charge in [-0.3, -0.25) is 9.59 Å². The van der Waals surface area contributed by atoms with E-state index in [9.17, 15) is 9.59 Å². The number of halogens is 1. The van der Waals surface area contributed by atoms with Crippen LogP contribution < -0.4 is 10.1 Å². The van der Waals surface area contributed by atoms with Crippen molar-refractivity contribution in [1.82, 2.24) is 19.9 Å². The molecule has 1 fully saturated rings. The average Bonchev–Trinajstić information content (AvgIpc) is 3.18. The number of hydrogen-bond donors (Lipinski definition) is 1. The van der Waals surface area contributed by atoms with Gasteiger partial charge in [-0.15, -0.1) is 5.10 Å². The van der Waals surface area contributed by atoms with Crippen LogP contribution in [0.1, 0.15) is 6.04 Å². The third kappa shape index (κ3) is 3.81. The molecule has 0 radical (unpaired) electrons. The average molecular weight is 398 g/mol. The molecule has 0 atom stereocenters. The Labute approximate surface area is 165 Å². The lowest BCUT2D eigenvalue weighted by atomic mass is 10.1. The summed E-state index contributed by atoms with van der Waals surface area (Å²) in [7, 11) is 0. The fourth-order valence-electron chi connectivity index (χ4n) is 2.79. The fourth-order valence-corrected chi connectivity index (χ4v) is 2.96. The Morgan fingerprint density at radius 3 is 2.54 bits per heavy atom. The SMILES string of the molecule is O=C(Nc1ccc(Oc2ccccc2Cl)cc1)C(=O)N1CC(n2ccnn2)C1. The molecule has 1 aromatic heterocycles. The van der Waals surface area contributed by atoms with Gasteiger partial charge in [0.2, 0.25) is 0 Å². The molecular weight excluding hydrogens is 382 g/mol. The van der Waals surface area contributed by atoms with E-state index in [1.807, 2.05) is 12.1 Å². The Kier molecular flexibility index (Phi) is 4.94. The van der Waals surface area contributed by atoms with Gasteiger partial charge in [0.1, 0.15) is 11.5 Å². The normalized spacial score (nSPS) is 13.7. The molecule has 4 rings (SSSR count). The summed E-state index contributed by atoms with van der Waals surface area (Å²) < 4.78 is 7.38. The third-order valence-electron chi connectivity index (χ3n) is 4.34. The Morgan fingerprint density at radius 1 is 1.11 bits per heavy atom. The second-order valence-electron chi connectivity index (χ2n) is 6.26. The number of ether oxygens (including phenoxy) is 1. The van der Waals surface area contributed by atoms with Gasteiger partial charge in [0.25, 0.3) is 0 Å². The van der Waals surface area contributed by atoms with Crippen molar-refractivity contribution in [3.8, 4) is 11.5 Å². The molecule has 2 aromatic carbocycles. The van der Waals surface area contributed by atoms with E-state index in [0.717, 1.165) is 0 Å². The number of aromatic nitrogens is 3. The Morgan fingerprint density at radius 2 is 1.86 bits per heavy atom. The van der Waals surface area contributed by atoms with Crippen molar-refractivity contribution in [2.75, 3.05) is 18.4 Å². The largest absolute Gasteiger partial charge is 0.456 e. The van der Waals surface area contributed by atoms with Crippen LogP contribution in [0.15, 0.2) is 60.9 Å². The summed E-state index contributed by atoms with van der Waals surface area (Å²) in [5.41, 5.74) is 0.498. The van der Waals surface area contributed by atoms with Gasteiger partial charge in [-0.05, 0) is 36.4 Å². The van der Waals surface area contributed by atoms with Crippen LogP contribution in [0.5, 0.6) is 11.5 Å². The maximum Gasteiger partial charge on any atom is 0.313 e. The molecule has 28 heavy (non-hydrogen) atoms. The zero-order chi connectivity index (χ0) is 19.5. The molecule has 0 bridgehead atoms. The van der Waals surface area contributed by atoms with Gasteiger partial charge < -0.3 is 15.0 Å². The molecule has 3 aromatic rings. The number of amides is 2. The number of nitrogens with zero attached hydrogens (tertiary/aromatic N) is 4. The van der Waals surface area contributed by atoms with E-state index in [2.05, 4.69) is 15.6 Å². The quantitative estimate of drug-likeness (QED) is 0.684. The number of carbonyl (C=O) groups excluding carboxylic acids is 2. The Balaban J connectivity index is 1.31. The molecule has 0 saturated carbocycles. The Hall–Kier alpha value is -3.39. The van der Waals surface area contributed by atoms with Crippen molar-refractivity contribution in [1.29, 1.82) is 0 Å². The van der Waals surface area contributed by atoms with Gasteiger partial charge >= 0.3 is 11.8 Å². The highest BCUT2D eigenvalue weighted by Gasteiger charge is 2.35. The van der Waals surface area contributed by atoms with Crippen molar-refractivity contribution in [2.45, 2.75) is 6.04 Å². The van der Waals surface area contributed by atoms with E-state index >= 15 is 0 Å². The second-order valence-corrected chi connectivity index (χ2v) is 6.67. The maximum absolute atomic E-state index is 12.2. The van der Waals surface area contributed by atoms with Crippen LogP contribution in [-0.2, 0) is 9.59 Å². The summed E-state index contributed by atoms with van der Waals surface area (Å²) in [5, 5.41) is 10.7. The number of nitrogens with one attached hydrogen (secondary N) is 1. The lowest BCUT2D eigenvalue weighted by Gasteiger charge is -2.38. The minimum absolute atomic E-state index is 0.0560. The summed E-state index contributed by atoms with van der Waals surface area (Å²) in [4.78, 5) is 25.9. The summed E-state index contributed by atoms with van der Waals surface area (Å²) in [5.74, 6) is -0.156. The zero-order valence-corrected chi connectivity index (χ0v) is 15.4. The van der Waals surface area contributed by atoms with E-state index in [1.165, 1.54) is 4.90 Å². The third-order valence-corrected chi connectivity index (χ3v) is 4.65. The molecule has 1 aliphatic rings. The van der Waals surface area contributed by atoms with Gasteiger partial charge in [-0.25, -0.2) is 4.68 Å². The molecule has 1 N–H and O–H groups in total. The van der Waals surface area contributed by atoms with E-state index in [-0.39, 0.29) is 6.04 Å². The van der Waals surface area contributed by atoms with Crippen molar-refractivity contribution in [2.24, 2.45) is 0 Å². The first-order chi connectivity index (χ1) is 13.6. The number of carbonyl (C=O) groups is 2. The van der Waals surface area contributed by atoms with E-state index in [1.54, 1.807) is 53.5 Å². The topological polar surface area (TPSA) is 89.4 Å². The number of rotatable bonds is 4. The molecular formula is C19H16ClN5O3. The number of hydrogen-bond acceptors (Lipinski definition) is 5. The molecule has 2 heterocycles. The molecule has 1 saturated heterocycles. The van der Waals surface area contributed by atoms with Crippen LogP contribution in [0.2, 0.25) is 5.02 Å². The molecule has 142 valence electrons.